The Morgan fingerprint density at radius 2 is 1.76 bits per heavy atom. The number of nitrogens with zero attached hydrogens (tertiary/aromatic N) is 3. The van der Waals surface area contributed by atoms with Gasteiger partial charge in [0.15, 0.2) is 0 Å². The molecule has 2 N–H and O–H groups in total. The van der Waals surface area contributed by atoms with Crippen LogP contribution in [0.4, 0.5) is 16.3 Å². The summed E-state index contributed by atoms with van der Waals surface area (Å²) in [7, 11) is 0. The molecule has 1 aliphatic heterocycles. The van der Waals surface area contributed by atoms with E-state index in [9.17, 15) is 9.18 Å². The first kappa shape index (κ1) is 21.9. The van der Waals surface area contributed by atoms with Gasteiger partial charge in [0, 0.05) is 17.1 Å². The number of aromatic nitrogens is 3. The first-order valence-electron chi connectivity index (χ1n) is 10.9. The summed E-state index contributed by atoms with van der Waals surface area (Å²) in [4.78, 5) is 17.0. The minimum atomic E-state index is -0.343. The number of carbonyl (C=O) groups excluding carboxylic acids is 1. The molecule has 1 aromatic heterocycles. The van der Waals surface area contributed by atoms with Crippen molar-refractivity contribution in [1.29, 1.82) is 0 Å². The fourth-order valence-electron chi connectivity index (χ4n) is 3.83. The molecule has 1 amide bonds. The van der Waals surface area contributed by atoms with E-state index in [4.69, 9.17) is 11.6 Å². The summed E-state index contributed by atoms with van der Waals surface area (Å²) < 4.78 is 15.2. The Balaban J connectivity index is 1.40. The molecule has 0 saturated heterocycles. The molecule has 0 aliphatic carbocycles. The summed E-state index contributed by atoms with van der Waals surface area (Å²) in [6.45, 7) is 0. The molecule has 170 valence electrons. The number of hydrogen-bond acceptors (Lipinski definition) is 4. The van der Waals surface area contributed by atoms with Crippen molar-refractivity contribution < 1.29 is 9.18 Å². The third-order valence-electron chi connectivity index (χ3n) is 5.57. The number of carbonyl (C=O) groups is 1. The van der Waals surface area contributed by atoms with Crippen LogP contribution in [0.1, 0.15) is 29.2 Å². The van der Waals surface area contributed by atoms with Crippen molar-refractivity contribution in [2.24, 2.45) is 0 Å². The number of hydrogen-bond donors (Lipinski definition) is 2. The van der Waals surface area contributed by atoms with Gasteiger partial charge in [-0.1, -0.05) is 66.2 Å². The van der Waals surface area contributed by atoms with E-state index in [2.05, 4.69) is 20.7 Å². The number of anilines is 2. The molecule has 6 nitrogen and oxygen atoms in total. The lowest BCUT2D eigenvalue weighted by atomic mass is 10.0. The van der Waals surface area contributed by atoms with Crippen LogP contribution in [-0.4, -0.2) is 20.7 Å². The summed E-state index contributed by atoms with van der Waals surface area (Å²) in [6, 6.07) is 23.2. The van der Waals surface area contributed by atoms with Gasteiger partial charge in [-0.3, -0.25) is 10.1 Å². The molecule has 0 radical (unpaired) electrons. The zero-order chi connectivity index (χ0) is 23.5. The smallest absolute Gasteiger partial charge is 0.250 e. The largest absolute Gasteiger partial charge is 0.324 e. The molecule has 0 fully saturated rings. The molecular formula is C26H21ClFN5O. The lowest BCUT2D eigenvalue weighted by molar-refractivity contribution is -0.116. The molecule has 0 saturated carbocycles. The van der Waals surface area contributed by atoms with Gasteiger partial charge in [-0.25, -0.2) is 9.07 Å². The van der Waals surface area contributed by atoms with E-state index in [1.807, 2.05) is 60.7 Å². The van der Waals surface area contributed by atoms with Crippen molar-refractivity contribution in [2.75, 3.05) is 10.6 Å². The second-order valence-corrected chi connectivity index (χ2v) is 8.38. The Hall–Kier alpha value is -3.97. The van der Waals surface area contributed by atoms with Gasteiger partial charge in [0.25, 0.3) is 5.95 Å². The van der Waals surface area contributed by atoms with E-state index in [1.54, 1.807) is 16.8 Å². The van der Waals surface area contributed by atoms with E-state index >= 15 is 0 Å². The van der Waals surface area contributed by atoms with Gasteiger partial charge in [0.05, 0.1) is 0 Å². The number of halogens is 2. The van der Waals surface area contributed by atoms with Crippen LogP contribution in [0.5, 0.6) is 0 Å². The van der Waals surface area contributed by atoms with Gasteiger partial charge in [-0.2, -0.15) is 4.98 Å². The number of fused-ring (bicyclic) bond motifs is 1. The van der Waals surface area contributed by atoms with Crippen molar-refractivity contribution in [3.05, 3.63) is 112 Å². The number of nitrogens with one attached hydrogen (secondary N) is 2. The maximum absolute atomic E-state index is 13.5. The minimum absolute atomic E-state index is 0.170. The van der Waals surface area contributed by atoms with Crippen molar-refractivity contribution in [1.82, 2.24) is 14.8 Å². The lowest BCUT2D eigenvalue weighted by Crippen LogP contribution is -2.20. The van der Waals surface area contributed by atoms with Crippen LogP contribution in [0.3, 0.4) is 0 Å². The Morgan fingerprint density at radius 1 is 1.03 bits per heavy atom. The predicted molar refractivity (Wildman–Crippen MR) is 131 cm³/mol. The van der Waals surface area contributed by atoms with Crippen LogP contribution >= 0.6 is 11.6 Å². The number of aryl methyl sites for hydroxylation is 1. The normalized spacial score (nSPS) is 14.6. The zero-order valence-electron chi connectivity index (χ0n) is 18.1. The van der Waals surface area contributed by atoms with Crippen LogP contribution in [0, 0.1) is 5.82 Å². The zero-order valence-corrected chi connectivity index (χ0v) is 18.8. The van der Waals surface area contributed by atoms with Crippen molar-refractivity contribution in [3.63, 3.8) is 0 Å². The molecule has 1 unspecified atom stereocenters. The highest BCUT2D eigenvalue weighted by Crippen LogP contribution is 2.33. The quantitative estimate of drug-likeness (QED) is 0.377. The van der Waals surface area contributed by atoms with E-state index in [1.165, 1.54) is 12.1 Å². The number of rotatable bonds is 6. The van der Waals surface area contributed by atoms with E-state index < -0.39 is 0 Å². The summed E-state index contributed by atoms with van der Waals surface area (Å²) in [5.41, 5.74) is 3.65. The molecule has 3 aromatic carbocycles. The van der Waals surface area contributed by atoms with Crippen molar-refractivity contribution in [2.45, 2.75) is 18.9 Å². The maximum atomic E-state index is 13.5. The highest BCUT2D eigenvalue weighted by molar-refractivity contribution is 6.30. The van der Waals surface area contributed by atoms with E-state index in [-0.39, 0.29) is 23.7 Å². The van der Waals surface area contributed by atoms with Gasteiger partial charge in [0.1, 0.15) is 11.9 Å². The molecule has 2 heterocycles. The Kier molecular flexibility index (Phi) is 6.10. The standard InChI is InChI=1S/C26H21ClFN5O/c27-20-11-7-18(8-12-20)22-16-23(19-9-13-21(28)14-10-19)33-26(29-22)31-25(32-33)30-24(34)15-6-17-4-2-1-3-5-17/h1-5,7-14,16,23H,6,15H2,(H2,29,30,31,32,34). The third kappa shape index (κ3) is 4.84. The SMILES string of the molecule is O=C(CCc1ccccc1)Nc1nc2n(n1)C(c1ccc(F)cc1)C=C(c1ccc(Cl)cc1)N2. The van der Waals surface area contributed by atoms with Crippen LogP contribution in [-0.2, 0) is 11.2 Å². The molecule has 1 aliphatic rings. The second kappa shape index (κ2) is 9.49. The summed E-state index contributed by atoms with van der Waals surface area (Å²) in [5.74, 6) is 0.194. The van der Waals surface area contributed by atoms with Gasteiger partial charge in [-0.05, 0) is 53.5 Å². The molecule has 0 bridgehead atoms. The molecule has 8 heteroatoms. The van der Waals surface area contributed by atoms with Crippen molar-refractivity contribution >= 4 is 35.1 Å². The minimum Gasteiger partial charge on any atom is -0.324 e. The molecule has 1 atom stereocenters. The number of amides is 1. The Labute approximate surface area is 201 Å². The average molecular weight is 474 g/mol. The van der Waals surface area contributed by atoms with Crippen LogP contribution < -0.4 is 10.6 Å². The van der Waals surface area contributed by atoms with E-state index in [0.29, 0.717) is 23.8 Å². The van der Waals surface area contributed by atoms with E-state index in [0.717, 1.165) is 22.4 Å². The van der Waals surface area contributed by atoms with Crippen LogP contribution in [0.15, 0.2) is 84.9 Å². The molecule has 5 rings (SSSR count). The monoisotopic (exact) mass is 473 g/mol. The fourth-order valence-corrected chi connectivity index (χ4v) is 3.96. The lowest BCUT2D eigenvalue weighted by Gasteiger charge is -2.24. The summed E-state index contributed by atoms with van der Waals surface area (Å²) in [5, 5.41) is 11.2. The fraction of sp³-hybridized carbons (Fsp3) is 0.115. The first-order valence-corrected chi connectivity index (χ1v) is 11.2. The number of benzene rings is 3. The van der Waals surface area contributed by atoms with Crippen LogP contribution in [0.25, 0.3) is 5.70 Å². The average Bonchev–Trinajstić information content (AvgIpc) is 3.26. The van der Waals surface area contributed by atoms with Gasteiger partial charge >= 0.3 is 0 Å². The highest BCUT2D eigenvalue weighted by Gasteiger charge is 2.26. The molecule has 34 heavy (non-hydrogen) atoms. The summed E-state index contributed by atoms with van der Waals surface area (Å²) >= 11 is 6.05. The number of allylic oxidation sites excluding steroid dienone is 1. The molecular weight excluding hydrogens is 453 g/mol. The maximum Gasteiger partial charge on any atom is 0.250 e. The molecule has 0 spiro atoms. The van der Waals surface area contributed by atoms with Crippen LogP contribution in [0.2, 0.25) is 5.02 Å². The third-order valence-corrected chi connectivity index (χ3v) is 5.82. The highest BCUT2D eigenvalue weighted by atomic mass is 35.5. The Morgan fingerprint density at radius 3 is 2.50 bits per heavy atom. The second-order valence-electron chi connectivity index (χ2n) is 7.95. The first-order chi connectivity index (χ1) is 16.5. The van der Waals surface area contributed by atoms with Crippen molar-refractivity contribution in [3.8, 4) is 0 Å². The topological polar surface area (TPSA) is 71.8 Å². The van der Waals surface area contributed by atoms with Gasteiger partial charge < -0.3 is 5.32 Å². The van der Waals surface area contributed by atoms with Gasteiger partial charge in [-0.15, -0.1) is 5.10 Å². The predicted octanol–water partition coefficient (Wildman–Crippen LogP) is 5.70. The van der Waals surface area contributed by atoms with Gasteiger partial charge in [0.2, 0.25) is 11.9 Å². The Bertz CT molecular complexity index is 1330. The summed E-state index contributed by atoms with van der Waals surface area (Å²) in [6.07, 6.45) is 2.93. The molecule has 4 aromatic rings.